The van der Waals surface area contributed by atoms with Gasteiger partial charge in [-0.3, -0.25) is 9.89 Å². The van der Waals surface area contributed by atoms with Gasteiger partial charge in [-0.05, 0) is 35.2 Å². The lowest BCUT2D eigenvalue weighted by Gasteiger charge is -2.07. The summed E-state index contributed by atoms with van der Waals surface area (Å²) < 4.78 is 5.86. The van der Waals surface area contributed by atoms with Gasteiger partial charge in [0.25, 0.3) is 5.91 Å². The number of carbonyl (C=O) groups is 1. The van der Waals surface area contributed by atoms with Crippen molar-refractivity contribution < 1.29 is 9.53 Å². The first-order chi connectivity index (χ1) is 14.3. The first kappa shape index (κ1) is 18.6. The molecule has 0 aliphatic carbocycles. The van der Waals surface area contributed by atoms with Gasteiger partial charge in [0.05, 0.1) is 11.9 Å². The molecule has 2 aromatic heterocycles. The minimum atomic E-state index is -0.354. The van der Waals surface area contributed by atoms with Crippen LogP contribution in [0, 0.1) is 0 Å². The summed E-state index contributed by atoms with van der Waals surface area (Å²) in [7, 11) is 0. The van der Waals surface area contributed by atoms with E-state index in [-0.39, 0.29) is 5.91 Å². The average molecular weight is 402 g/mol. The van der Waals surface area contributed by atoms with E-state index in [2.05, 4.69) is 20.7 Å². The van der Waals surface area contributed by atoms with Crippen molar-refractivity contribution in [1.29, 1.82) is 0 Å². The third-order valence-electron chi connectivity index (χ3n) is 4.10. The monoisotopic (exact) mass is 402 g/mol. The van der Waals surface area contributed by atoms with Crippen LogP contribution >= 0.6 is 11.3 Å². The summed E-state index contributed by atoms with van der Waals surface area (Å²) in [6.07, 6.45) is 1.60. The number of nitrogens with one attached hydrogen (secondary N) is 2. The SMILES string of the molecule is O=C(N/N=C\c1cccs1)c1cc(-c2cccc(OCc3ccccc3)c2)n[nH]1. The molecule has 7 heteroatoms. The van der Waals surface area contributed by atoms with Crippen LogP contribution < -0.4 is 10.2 Å². The Labute approximate surface area is 171 Å². The number of H-pyrrole nitrogens is 1. The Morgan fingerprint density at radius 2 is 2.00 bits per heavy atom. The third kappa shape index (κ3) is 4.97. The Hall–Kier alpha value is -3.71. The van der Waals surface area contributed by atoms with Crippen LogP contribution in [-0.4, -0.2) is 22.3 Å². The molecule has 0 aliphatic rings. The second kappa shape index (κ2) is 8.99. The van der Waals surface area contributed by atoms with E-state index in [0.29, 0.717) is 18.0 Å². The van der Waals surface area contributed by atoms with Crippen molar-refractivity contribution in [1.82, 2.24) is 15.6 Å². The van der Waals surface area contributed by atoms with Gasteiger partial charge >= 0.3 is 0 Å². The number of aromatic amines is 1. The van der Waals surface area contributed by atoms with Crippen LogP contribution in [0.5, 0.6) is 5.75 Å². The number of nitrogens with zero attached hydrogens (tertiary/aromatic N) is 2. The maximum absolute atomic E-state index is 12.2. The molecule has 0 aliphatic heterocycles. The Morgan fingerprint density at radius 3 is 2.83 bits per heavy atom. The number of rotatable bonds is 7. The fraction of sp³-hybridized carbons (Fsp3) is 0.0455. The fourth-order valence-corrected chi connectivity index (χ4v) is 3.24. The van der Waals surface area contributed by atoms with Crippen molar-refractivity contribution in [2.24, 2.45) is 5.10 Å². The summed E-state index contributed by atoms with van der Waals surface area (Å²) in [4.78, 5) is 13.2. The molecule has 4 aromatic rings. The molecule has 4 rings (SSSR count). The summed E-state index contributed by atoms with van der Waals surface area (Å²) in [5, 5.41) is 12.9. The molecule has 0 saturated heterocycles. The van der Waals surface area contributed by atoms with Gasteiger partial charge in [0, 0.05) is 10.4 Å². The highest BCUT2D eigenvalue weighted by Gasteiger charge is 2.11. The summed E-state index contributed by atoms with van der Waals surface area (Å²) in [6, 6.07) is 23.1. The largest absolute Gasteiger partial charge is 0.489 e. The normalized spacial score (nSPS) is 10.9. The van der Waals surface area contributed by atoms with E-state index in [9.17, 15) is 4.79 Å². The minimum absolute atomic E-state index is 0.332. The lowest BCUT2D eigenvalue weighted by Crippen LogP contribution is -2.17. The maximum atomic E-state index is 12.2. The quantitative estimate of drug-likeness (QED) is 0.353. The van der Waals surface area contributed by atoms with Gasteiger partial charge in [0.2, 0.25) is 0 Å². The summed E-state index contributed by atoms with van der Waals surface area (Å²) in [5.74, 6) is 0.383. The molecule has 29 heavy (non-hydrogen) atoms. The van der Waals surface area contributed by atoms with E-state index in [1.807, 2.05) is 72.1 Å². The van der Waals surface area contributed by atoms with Gasteiger partial charge in [0.15, 0.2) is 0 Å². The zero-order chi connectivity index (χ0) is 19.9. The number of carbonyl (C=O) groups excluding carboxylic acids is 1. The first-order valence-corrected chi connectivity index (χ1v) is 9.85. The number of hydrogen-bond acceptors (Lipinski definition) is 5. The van der Waals surface area contributed by atoms with Gasteiger partial charge in [-0.1, -0.05) is 48.5 Å². The molecule has 2 N–H and O–H groups in total. The van der Waals surface area contributed by atoms with Gasteiger partial charge in [-0.25, -0.2) is 5.43 Å². The minimum Gasteiger partial charge on any atom is -0.489 e. The Bertz CT molecular complexity index is 1100. The van der Waals surface area contributed by atoms with Crippen LogP contribution in [0.1, 0.15) is 20.9 Å². The van der Waals surface area contributed by atoms with Crippen molar-refractivity contribution in [2.45, 2.75) is 6.61 Å². The van der Waals surface area contributed by atoms with Crippen molar-refractivity contribution in [3.05, 3.63) is 94.3 Å². The predicted octanol–water partition coefficient (Wildman–Crippen LogP) is 4.48. The Kier molecular flexibility index (Phi) is 5.78. The number of ether oxygens (including phenoxy) is 1. The topological polar surface area (TPSA) is 79.4 Å². The molecular weight excluding hydrogens is 384 g/mol. The third-order valence-corrected chi connectivity index (χ3v) is 4.91. The highest BCUT2D eigenvalue weighted by molar-refractivity contribution is 7.11. The lowest BCUT2D eigenvalue weighted by molar-refractivity contribution is 0.0950. The molecule has 0 unspecified atom stereocenters. The molecule has 144 valence electrons. The van der Waals surface area contributed by atoms with Crippen LogP contribution in [0.2, 0.25) is 0 Å². The van der Waals surface area contributed by atoms with E-state index in [1.165, 1.54) is 0 Å². The van der Waals surface area contributed by atoms with Crippen molar-refractivity contribution in [2.75, 3.05) is 0 Å². The molecule has 0 atom stereocenters. The lowest BCUT2D eigenvalue weighted by atomic mass is 10.1. The standard InChI is InChI=1S/C22H18N4O2S/c27-22(26-23-14-19-10-5-11-29-19)21-13-20(24-25-21)17-8-4-9-18(12-17)28-15-16-6-2-1-3-7-16/h1-14H,15H2,(H,24,25)(H,26,27)/b23-14-. The Morgan fingerprint density at radius 1 is 1.10 bits per heavy atom. The maximum Gasteiger partial charge on any atom is 0.289 e. The second-order valence-electron chi connectivity index (χ2n) is 6.18. The van der Waals surface area contributed by atoms with E-state index < -0.39 is 0 Å². The molecule has 2 heterocycles. The van der Waals surface area contributed by atoms with Gasteiger partial charge in [-0.2, -0.15) is 10.2 Å². The van der Waals surface area contributed by atoms with Crippen molar-refractivity contribution >= 4 is 23.5 Å². The molecule has 0 bridgehead atoms. The molecular formula is C22H18N4O2S. The zero-order valence-electron chi connectivity index (χ0n) is 15.4. The van der Waals surface area contributed by atoms with Crippen molar-refractivity contribution in [3.63, 3.8) is 0 Å². The number of hydrogen-bond donors (Lipinski definition) is 2. The molecule has 6 nitrogen and oxygen atoms in total. The molecule has 1 amide bonds. The molecule has 0 spiro atoms. The van der Waals surface area contributed by atoms with E-state index >= 15 is 0 Å². The van der Waals surface area contributed by atoms with Crippen LogP contribution in [0.25, 0.3) is 11.3 Å². The zero-order valence-corrected chi connectivity index (χ0v) is 16.2. The van der Waals surface area contributed by atoms with Crippen LogP contribution in [0.4, 0.5) is 0 Å². The number of amides is 1. The first-order valence-electron chi connectivity index (χ1n) is 8.97. The molecule has 0 fully saturated rings. The summed E-state index contributed by atoms with van der Waals surface area (Å²) in [6.45, 7) is 0.487. The number of aromatic nitrogens is 2. The molecule has 0 radical (unpaired) electrons. The number of thiophene rings is 1. The van der Waals surface area contributed by atoms with E-state index in [0.717, 1.165) is 21.8 Å². The highest BCUT2D eigenvalue weighted by Crippen LogP contribution is 2.23. The van der Waals surface area contributed by atoms with E-state index in [1.54, 1.807) is 23.6 Å². The summed E-state index contributed by atoms with van der Waals surface area (Å²) >= 11 is 1.54. The number of benzene rings is 2. The Balaban J connectivity index is 1.40. The van der Waals surface area contributed by atoms with Crippen LogP contribution in [0.3, 0.4) is 0 Å². The van der Waals surface area contributed by atoms with Gasteiger partial charge < -0.3 is 4.74 Å². The highest BCUT2D eigenvalue weighted by atomic mass is 32.1. The molecule has 0 saturated carbocycles. The fourth-order valence-electron chi connectivity index (χ4n) is 2.65. The van der Waals surface area contributed by atoms with Crippen LogP contribution in [-0.2, 0) is 6.61 Å². The average Bonchev–Trinajstić information content (AvgIpc) is 3.46. The van der Waals surface area contributed by atoms with Gasteiger partial charge in [-0.15, -0.1) is 11.3 Å². The number of hydrazone groups is 1. The van der Waals surface area contributed by atoms with Crippen molar-refractivity contribution in [3.8, 4) is 17.0 Å². The van der Waals surface area contributed by atoms with E-state index in [4.69, 9.17) is 4.74 Å². The van der Waals surface area contributed by atoms with Gasteiger partial charge in [0.1, 0.15) is 18.1 Å². The summed E-state index contributed by atoms with van der Waals surface area (Å²) in [5.41, 5.74) is 5.43. The molecule has 2 aromatic carbocycles. The van der Waals surface area contributed by atoms with Crippen LogP contribution in [0.15, 0.2) is 83.3 Å². The second-order valence-corrected chi connectivity index (χ2v) is 7.16. The smallest absolute Gasteiger partial charge is 0.289 e. The predicted molar refractivity (Wildman–Crippen MR) is 114 cm³/mol.